The third-order valence-electron chi connectivity index (χ3n) is 1.40. The Morgan fingerprint density at radius 2 is 2.31 bits per heavy atom. The van der Waals surface area contributed by atoms with Crippen LogP contribution in [0.5, 0.6) is 0 Å². The minimum Gasteiger partial charge on any atom is -0.398 e. The Hall–Kier alpha value is -0.670. The standard InChI is InChI=1S/C9H9ClFNS/c10-4-1-5-13-9-6-7(11)2-3-8(9)12/h1-4,6H,5,12H2. The molecule has 70 valence electrons. The third kappa shape index (κ3) is 3.28. The van der Waals surface area contributed by atoms with Crippen LogP contribution in [-0.4, -0.2) is 5.75 Å². The average Bonchev–Trinajstić information content (AvgIpc) is 2.11. The van der Waals surface area contributed by atoms with E-state index >= 15 is 0 Å². The van der Waals surface area contributed by atoms with E-state index in [4.69, 9.17) is 17.3 Å². The maximum Gasteiger partial charge on any atom is 0.124 e. The van der Waals surface area contributed by atoms with E-state index in [1.807, 2.05) is 0 Å². The van der Waals surface area contributed by atoms with Crippen molar-refractivity contribution in [2.24, 2.45) is 0 Å². The van der Waals surface area contributed by atoms with Gasteiger partial charge < -0.3 is 5.73 Å². The molecule has 0 unspecified atom stereocenters. The first-order valence-electron chi connectivity index (χ1n) is 3.67. The van der Waals surface area contributed by atoms with Gasteiger partial charge in [0.1, 0.15) is 5.82 Å². The van der Waals surface area contributed by atoms with Gasteiger partial charge in [-0.1, -0.05) is 17.7 Å². The summed E-state index contributed by atoms with van der Waals surface area (Å²) in [6, 6.07) is 4.32. The van der Waals surface area contributed by atoms with Crippen LogP contribution in [0.4, 0.5) is 10.1 Å². The van der Waals surface area contributed by atoms with Crippen molar-refractivity contribution >= 4 is 29.1 Å². The first-order valence-corrected chi connectivity index (χ1v) is 5.09. The summed E-state index contributed by atoms with van der Waals surface area (Å²) in [6.45, 7) is 0. The molecule has 0 spiro atoms. The van der Waals surface area contributed by atoms with Crippen molar-refractivity contribution in [3.8, 4) is 0 Å². The lowest BCUT2D eigenvalue weighted by Gasteiger charge is -2.02. The highest BCUT2D eigenvalue weighted by Gasteiger charge is 1.99. The maximum atomic E-state index is 12.7. The van der Waals surface area contributed by atoms with E-state index in [9.17, 15) is 4.39 Å². The lowest BCUT2D eigenvalue weighted by molar-refractivity contribution is 0.624. The van der Waals surface area contributed by atoms with Gasteiger partial charge in [-0.25, -0.2) is 4.39 Å². The normalized spacial score (nSPS) is 10.9. The van der Waals surface area contributed by atoms with Crippen LogP contribution < -0.4 is 5.73 Å². The predicted molar refractivity (Wildman–Crippen MR) is 56.5 cm³/mol. The maximum absolute atomic E-state index is 12.7. The lowest BCUT2D eigenvalue weighted by atomic mass is 10.3. The molecule has 0 aliphatic carbocycles. The summed E-state index contributed by atoms with van der Waals surface area (Å²) in [4.78, 5) is 0.745. The molecule has 2 N–H and O–H groups in total. The van der Waals surface area contributed by atoms with Crippen molar-refractivity contribution in [2.45, 2.75) is 4.90 Å². The van der Waals surface area contributed by atoms with E-state index < -0.39 is 0 Å². The highest BCUT2D eigenvalue weighted by Crippen LogP contribution is 2.25. The number of nitrogens with two attached hydrogens (primary N) is 1. The summed E-state index contributed by atoms with van der Waals surface area (Å²) in [7, 11) is 0. The van der Waals surface area contributed by atoms with Crippen LogP contribution >= 0.6 is 23.4 Å². The fourth-order valence-corrected chi connectivity index (χ4v) is 1.80. The zero-order chi connectivity index (χ0) is 9.68. The van der Waals surface area contributed by atoms with Crippen molar-refractivity contribution in [3.05, 3.63) is 35.6 Å². The SMILES string of the molecule is Nc1ccc(F)cc1SCC=CCl. The molecular weight excluding hydrogens is 209 g/mol. The quantitative estimate of drug-likeness (QED) is 0.621. The number of thioether (sulfide) groups is 1. The van der Waals surface area contributed by atoms with Gasteiger partial charge in [0.15, 0.2) is 0 Å². The Morgan fingerprint density at radius 3 is 3.00 bits per heavy atom. The fourth-order valence-electron chi connectivity index (χ4n) is 0.807. The van der Waals surface area contributed by atoms with E-state index in [0.717, 1.165) is 4.90 Å². The Balaban J connectivity index is 2.69. The summed E-state index contributed by atoms with van der Waals surface area (Å²) < 4.78 is 12.7. The predicted octanol–water partition coefficient (Wildman–Crippen LogP) is 3.25. The largest absolute Gasteiger partial charge is 0.398 e. The third-order valence-corrected chi connectivity index (χ3v) is 2.60. The monoisotopic (exact) mass is 217 g/mol. The van der Waals surface area contributed by atoms with Crippen molar-refractivity contribution in [3.63, 3.8) is 0 Å². The topological polar surface area (TPSA) is 26.0 Å². The van der Waals surface area contributed by atoms with Crippen LogP contribution in [0, 0.1) is 5.82 Å². The Morgan fingerprint density at radius 1 is 1.54 bits per heavy atom. The fraction of sp³-hybridized carbons (Fsp3) is 0.111. The van der Waals surface area contributed by atoms with Crippen molar-refractivity contribution in [2.75, 3.05) is 11.5 Å². The number of nitrogen functional groups attached to an aromatic ring is 1. The Labute approximate surface area is 85.8 Å². The number of halogens is 2. The molecule has 0 fully saturated rings. The first-order chi connectivity index (χ1) is 6.24. The van der Waals surface area contributed by atoms with Crippen LogP contribution in [0.3, 0.4) is 0 Å². The summed E-state index contributed by atoms with van der Waals surface area (Å²) in [5.41, 5.74) is 7.65. The molecule has 0 atom stereocenters. The molecule has 1 aromatic carbocycles. The molecule has 0 saturated carbocycles. The Bertz CT molecular complexity index is 314. The number of anilines is 1. The van der Waals surface area contributed by atoms with Crippen LogP contribution in [0.15, 0.2) is 34.7 Å². The second-order valence-electron chi connectivity index (χ2n) is 2.35. The van der Waals surface area contributed by atoms with Gasteiger partial charge in [-0.15, -0.1) is 11.8 Å². The average molecular weight is 218 g/mol. The van der Waals surface area contributed by atoms with Gasteiger partial charge in [-0.2, -0.15) is 0 Å². The van der Waals surface area contributed by atoms with Gasteiger partial charge in [0, 0.05) is 21.9 Å². The molecule has 0 bridgehead atoms. The molecule has 0 aliphatic heterocycles. The molecule has 0 radical (unpaired) electrons. The van der Waals surface area contributed by atoms with E-state index in [1.54, 1.807) is 12.1 Å². The molecule has 4 heteroatoms. The zero-order valence-corrected chi connectivity index (χ0v) is 8.41. The molecule has 0 aliphatic rings. The molecule has 1 nitrogen and oxygen atoms in total. The van der Waals surface area contributed by atoms with Gasteiger partial charge in [-0.3, -0.25) is 0 Å². The molecule has 0 aromatic heterocycles. The number of hydrogen-bond acceptors (Lipinski definition) is 2. The molecule has 0 heterocycles. The van der Waals surface area contributed by atoms with Gasteiger partial charge >= 0.3 is 0 Å². The van der Waals surface area contributed by atoms with Crippen molar-refractivity contribution in [1.29, 1.82) is 0 Å². The van der Waals surface area contributed by atoms with Crippen LogP contribution in [0.2, 0.25) is 0 Å². The molecule has 1 rings (SSSR count). The van der Waals surface area contributed by atoms with Crippen LogP contribution in [0.1, 0.15) is 0 Å². The lowest BCUT2D eigenvalue weighted by Crippen LogP contribution is -1.89. The van der Waals surface area contributed by atoms with E-state index in [0.29, 0.717) is 11.4 Å². The molecule has 0 amide bonds. The molecular formula is C9H9ClFNS. The van der Waals surface area contributed by atoms with E-state index in [2.05, 4.69) is 0 Å². The van der Waals surface area contributed by atoms with Crippen LogP contribution in [-0.2, 0) is 0 Å². The van der Waals surface area contributed by atoms with Crippen LogP contribution in [0.25, 0.3) is 0 Å². The second-order valence-corrected chi connectivity index (χ2v) is 3.67. The second kappa shape index (κ2) is 5.14. The molecule has 13 heavy (non-hydrogen) atoms. The number of hydrogen-bond donors (Lipinski definition) is 1. The number of rotatable bonds is 3. The summed E-state index contributed by atoms with van der Waals surface area (Å²) >= 11 is 6.79. The smallest absolute Gasteiger partial charge is 0.124 e. The van der Waals surface area contributed by atoms with Crippen molar-refractivity contribution in [1.82, 2.24) is 0 Å². The van der Waals surface area contributed by atoms with Gasteiger partial charge in [0.05, 0.1) is 0 Å². The van der Waals surface area contributed by atoms with E-state index in [1.165, 1.54) is 29.4 Å². The van der Waals surface area contributed by atoms with E-state index in [-0.39, 0.29) is 5.82 Å². The Kier molecular flexibility index (Phi) is 4.12. The highest BCUT2D eigenvalue weighted by molar-refractivity contribution is 7.99. The molecule has 1 aromatic rings. The zero-order valence-electron chi connectivity index (χ0n) is 6.84. The number of benzene rings is 1. The molecule has 0 saturated heterocycles. The van der Waals surface area contributed by atoms with Crippen molar-refractivity contribution < 1.29 is 4.39 Å². The highest BCUT2D eigenvalue weighted by atomic mass is 35.5. The minimum atomic E-state index is -0.272. The summed E-state index contributed by atoms with van der Waals surface area (Å²) in [6.07, 6.45) is 1.77. The van der Waals surface area contributed by atoms with Gasteiger partial charge in [0.2, 0.25) is 0 Å². The summed E-state index contributed by atoms with van der Waals surface area (Å²) in [5.74, 6) is 0.420. The van der Waals surface area contributed by atoms with Gasteiger partial charge in [0.25, 0.3) is 0 Å². The first kappa shape index (κ1) is 10.4. The summed E-state index contributed by atoms with van der Waals surface area (Å²) in [5, 5.41) is 0. The van der Waals surface area contributed by atoms with Gasteiger partial charge in [-0.05, 0) is 18.2 Å². The minimum absolute atomic E-state index is 0.272.